The van der Waals surface area contributed by atoms with Crippen LogP contribution in [-0.2, 0) is 6.42 Å². The first-order valence-electron chi connectivity index (χ1n) is 10.0. The minimum atomic E-state index is -0.313. The molecule has 0 spiro atoms. The SMILES string of the molecule is CC(C)n1c(Nc2ccccc2F)nc2cnc(CC3CCC(N)CC3)nc21. The van der Waals surface area contributed by atoms with E-state index in [0.717, 1.165) is 43.6 Å². The summed E-state index contributed by atoms with van der Waals surface area (Å²) in [6.45, 7) is 4.13. The second kappa shape index (κ2) is 7.83. The van der Waals surface area contributed by atoms with Crippen LogP contribution < -0.4 is 11.1 Å². The van der Waals surface area contributed by atoms with Crippen LogP contribution in [0.3, 0.4) is 0 Å². The lowest BCUT2D eigenvalue weighted by Crippen LogP contribution is -2.27. The summed E-state index contributed by atoms with van der Waals surface area (Å²) in [5.74, 6) is 1.69. The molecule has 1 fully saturated rings. The molecule has 1 aliphatic carbocycles. The molecule has 0 saturated heterocycles. The summed E-state index contributed by atoms with van der Waals surface area (Å²) in [6, 6.07) is 7.05. The molecule has 2 aromatic heterocycles. The van der Waals surface area contributed by atoms with E-state index in [0.29, 0.717) is 29.1 Å². The fourth-order valence-corrected chi connectivity index (χ4v) is 3.94. The largest absolute Gasteiger partial charge is 0.328 e. The molecule has 0 amide bonds. The summed E-state index contributed by atoms with van der Waals surface area (Å²) in [6.07, 6.45) is 7.05. The summed E-state index contributed by atoms with van der Waals surface area (Å²) in [5.41, 5.74) is 7.91. The number of halogens is 1. The summed E-state index contributed by atoms with van der Waals surface area (Å²) >= 11 is 0. The molecule has 1 aromatic carbocycles. The van der Waals surface area contributed by atoms with Gasteiger partial charge in [0, 0.05) is 18.5 Å². The van der Waals surface area contributed by atoms with Gasteiger partial charge in [-0.3, -0.25) is 4.57 Å². The number of hydrogen-bond donors (Lipinski definition) is 2. The number of nitrogens with two attached hydrogens (primary N) is 1. The maximum absolute atomic E-state index is 14.1. The van der Waals surface area contributed by atoms with Gasteiger partial charge in [0.1, 0.15) is 17.2 Å². The van der Waals surface area contributed by atoms with Gasteiger partial charge < -0.3 is 11.1 Å². The Morgan fingerprint density at radius 1 is 1.18 bits per heavy atom. The number of para-hydroxylation sites is 1. The first-order chi connectivity index (χ1) is 13.5. The Hall–Kier alpha value is -2.54. The summed E-state index contributed by atoms with van der Waals surface area (Å²) in [4.78, 5) is 14.0. The predicted molar refractivity (Wildman–Crippen MR) is 109 cm³/mol. The van der Waals surface area contributed by atoms with Crippen molar-refractivity contribution in [2.75, 3.05) is 5.32 Å². The zero-order valence-corrected chi connectivity index (χ0v) is 16.4. The fraction of sp³-hybridized carbons (Fsp3) is 0.476. The van der Waals surface area contributed by atoms with Gasteiger partial charge in [-0.15, -0.1) is 0 Å². The molecule has 0 unspecified atom stereocenters. The zero-order valence-electron chi connectivity index (χ0n) is 16.4. The molecule has 3 aromatic rings. The van der Waals surface area contributed by atoms with E-state index in [2.05, 4.69) is 29.1 Å². The highest BCUT2D eigenvalue weighted by molar-refractivity contribution is 5.75. The number of anilines is 2. The standard InChI is InChI=1S/C21H27FN6/c1-13(2)28-20-18(26-21(28)25-17-6-4-3-5-16(17)22)12-24-19(27-20)11-14-7-9-15(23)10-8-14/h3-6,12-15H,7-11,23H2,1-2H3,(H,25,26). The number of imidazole rings is 1. The zero-order chi connectivity index (χ0) is 19.7. The molecule has 0 aliphatic heterocycles. The van der Waals surface area contributed by atoms with Crippen LogP contribution >= 0.6 is 0 Å². The van der Waals surface area contributed by atoms with Crippen molar-refractivity contribution in [1.29, 1.82) is 0 Å². The predicted octanol–water partition coefficient (Wildman–Crippen LogP) is 4.35. The van der Waals surface area contributed by atoms with Gasteiger partial charge in [-0.1, -0.05) is 12.1 Å². The Morgan fingerprint density at radius 2 is 1.93 bits per heavy atom. The molecule has 7 heteroatoms. The van der Waals surface area contributed by atoms with E-state index >= 15 is 0 Å². The highest BCUT2D eigenvalue weighted by atomic mass is 19.1. The van der Waals surface area contributed by atoms with Crippen LogP contribution in [0.2, 0.25) is 0 Å². The lowest BCUT2D eigenvalue weighted by atomic mass is 9.84. The number of nitrogens with one attached hydrogen (secondary N) is 1. The first kappa shape index (κ1) is 18.8. The van der Waals surface area contributed by atoms with E-state index in [4.69, 9.17) is 10.7 Å². The van der Waals surface area contributed by atoms with Gasteiger partial charge in [0.15, 0.2) is 5.65 Å². The molecule has 6 nitrogen and oxygen atoms in total. The molecule has 0 radical (unpaired) electrons. The van der Waals surface area contributed by atoms with Crippen molar-refractivity contribution < 1.29 is 4.39 Å². The van der Waals surface area contributed by atoms with Gasteiger partial charge in [0.2, 0.25) is 5.95 Å². The Labute approximate surface area is 164 Å². The molecular formula is C21H27FN6. The van der Waals surface area contributed by atoms with Crippen molar-refractivity contribution in [3.8, 4) is 0 Å². The van der Waals surface area contributed by atoms with Crippen molar-refractivity contribution >= 4 is 22.8 Å². The van der Waals surface area contributed by atoms with Crippen LogP contribution in [-0.4, -0.2) is 25.6 Å². The molecule has 28 heavy (non-hydrogen) atoms. The fourth-order valence-electron chi connectivity index (χ4n) is 3.94. The van der Waals surface area contributed by atoms with Gasteiger partial charge in [-0.25, -0.2) is 19.3 Å². The van der Waals surface area contributed by atoms with E-state index in [-0.39, 0.29) is 11.9 Å². The van der Waals surface area contributed by atoms with Crippen LogP contribution in [0.15, 0.2) is 30.5 Å². The number of benzene rings is 1. The third kappa shape index (κ3) is 3.85. The maximum atomic E-state index is 14.1. The molecule has 0 atom stereocenters. The van der Waals surface area contributed by atoms with Crippen LogP contribution in [0.25, 0.3) is 11.2 Å². The smallest absolute Gasteiger partial charge is 0.210 e. The number of aromatic nitrogens is 4. The Morgan fingerprint density at radius 3 is 2.64 bits per heavy atom. The molecule has 2 heterocycles. The monoisotopic (exact) mass is 382 g/mol. The summed E-state index contributed by atoms with van der Waals surface area (Å²) in [7, 11) is 0. The van der Waals surface area contributed by atoms with Gasteiger partial charge in [0.25, 0.3) is 0 Å². The van der Waals surface area contributed by atoms with E-state index in [1.807, 2.05) is 4.57 Å². The molecule has 3 N–H and O–H groups in total. The normalized spacial score (nSPS) is 20.0. The van der Waals surface area contributed by atoms with Gasteiger partial charge in [-0.2, -0.15) is 0 Å². The lowest BCUT2D eigenvalue weighted by molar-refractivity contribution is 0.321. The number of hydrogen-bond acceptors (Lipinski definition) is 5. The maximum Gasteiger partial charge on any atom is 0.210 e. The van der Waals surface area contributed by atoms with Gasteiger partial charge in [0.05, 0.1) is 11.9 Å². The molecule has 1 saturated carbocycles. The number of fused-ring (bicyclic) bond motifs is 1. The van der Waals surface area contributed by atoms with E-state index < -0.39 is 0 Å². The van der Waals surface area contributed by atoms with Crippen molar-refractivity contribution in [2.24, 2.45) is 11.7 Å². The van der Waals surface area contributed by atoms with E-state index in [9.17, 15) is 4.39 Å². The number of nitrogens with zero attached hydrogens (tertiary/aromatic N) is 4. The Kier molecular flexibility index (Phi) is 5.26. The van der Waals surface area contributed by atoms with Gasteiger partial charge in [-0.05, 0) is 57.6 Å². The highest BCUT2D eigenvalue weighted by Gasteiger charge is 2.21. The second-order valence-corrected chi connectivity index (χ2v) is 7.98. The van der Waals surface area contributed by atoms with Crippen molar-refractivity contribution in [1.82, 2.24) is 19.5 Å². The van der Waals surface area contributed by atoms with Crippen molar-refractivity contribution in [3.05, 3.63) is 42.1 Å². The molecule has 148 valence electrons. The molecule has 4 rings (SSSR count). The van der Waals surface area contributed by atoms with E-state index in [1.54, 1.807) is 24.4 Å². The third-order valence-corrected chi connectivity index (χ3v) is 5.48. The molecule has 1 aliphatic rings. The summed E-state index contributed by atoms with van der Waals surface area (Å²) in [5, 5.41) is 3.11. The number of rotatable bonds is 5. The van der Waals surface area contributed by atoms with E-state index in [1.165, 1.54) is 6.07 Å². The third-order valence-electron chi connectivity index (χ3n) is 5.48. The first-order valence-corrected chi connectivity index (χ1v) is 10.0. The van der Waals surface area contributed by atoms with Crippen LogP contribution in [0.1, 0.15) is 51.4 Å². The highest BCUT2D eigenvalue weighted by Crippen LogP contribution is 2.28. The van der Waals surface area contributed by atoms with Gasteiger partial charge >= 0.3 is 0 Å². The second-order valence-electron chi connectivity index (χ2n) is 7.98. The van der Waals surface area contributed by atoms with Crippen LogP contribution in [0.4, 0.5) is 16.0 Å². The van der Waals surface area contributed by atoms with Crippen LogP contribution in [0.5, 0.6) is 0 Å². The average Bonchev–Trinajstić information content (AvgIpc) is 3.03. The minimum absolute atomic E-state index is 0.120. The average molecular weight is 382 g/mol. The van der Waals surface area contributed by atoms with Crippen molar-refractivity contribution in [3.63, 3.8) is 0 Å². The minimum Gasteiger partial charge on any atom is -0.328 e. The Bertz CT molecular complexity index is 959. The molecule has 0 bridgehead atoms. The van der Waals surface area contributed by atoms with Crippen LogP contribution in [0, 0.1) is 11.7 Å². The molecular weight excluding hydrogens is 355 g/mol. The lowest BCUT2D eigenvalue weighted by Gasteiger charge is -2.25. The Balaban J connectivity index is 1.64. The van der Waals surface area contributed by atoms with Crippen molar-refractivity contribution in [2.45, 2.75) is 58.0 Å². The quantitative estimate of drug-likeness (QED) is 0.686. The summed E-state index contributed by atoms with van der Waals surface area (Å²) < 4.78 is 16.1. The topological polar surface area (TPSA) is 81.7 Å².